The number of ketones is 1. The predicted octanol–water partition coefficient (Wildman–Crippen LogP) is 1.04. The van der Waals surface area contributed by atoms with Crippen LogP contribution in [0.15, 0.2) is 36.7 Å². The molecule has 2 aromatic rings. The highest BCUT2D eigenvalue weighted by Crippen LogP contribution is 2.49. The summed E-state index contributed by atoms with van der Waals surface area (Å²) in [5.74, 6) is -0.784. The first-order valence-corrected chi connectivity index (χ1v) is 10.1. The number of nitrogens with zero attached hydrogens (tertiary/aromatic N) is 5. The van der Waals surface area contributed by atoms with Gasteiger partial charge in [0.2, 0.25) is 0 Å². The number of nitrogens with one attached hydrogen (secondary N) is 1. The molecule has 10 nitrogen and oxygen atoms in total. The van der Waals surface area contributed by atoms with Gasteiger partial charge in [-0.3, -0.25) is 9.59 Å². The lowest BCUT2D eigenvalue weighted by molar-refractivity contribution is -0.968. The Labute approximate surface area is 173 Å². The van der Waals surface area contributed by atoms with Crippen molar-refractivity contribution >= 4 is 17.8 Å². The number of hydrogen-bond acceptors (Lipinski definition) is 7. The lowest BCUT2D eigenvalue weighted by Gasteiger charge is -2.50. The highest BCUT2D eigenvalue weighted by Gasteiger charge is 2.77. The number of quaternary nitrogens is 1. The standard InChI is InChI=1S/C20H24N6O4/c1-14(2)17(16(27)11-25-13-21-23-24-25)22-18(28)20-9-6-10-26(20,19(29)30-20)12-15-7-4-3-5-8-15/h3-5,7-8,13-14,17H,6,9-12H2,1-2H3/p+1/t17?,20-,26?/m0/s1. The van der Waals surface area contributed by atoms with E-state index in [4.69, 9.17) is 4.74 Å². The molecule has 3 atom stereocenters. The van der Waals surface area contributed by atoms with Crippen LogP contribution >= 0.6 is 0 Å². The van der Waals surface area contributed by atoms with Gasteiger partial charge in [-0.25, -0.2) is 4.68 Å². The normalized spacial score (nSPS) is 25.9. The zero-order valence-electron chi connectivity index (χ0n) is 17.0. The third-order valence-corrected chi connectivity index (χ3v) is 6.01. The molecule has 2 saturated heterocycles. The SMILES string of the molecule is CC(C)C(NC(=O)[C@@]12CCC[N+]1(Cc1ccccc1)C(=O)O2)C(=O)Cn1cnnn1. The van der Waals surface area contributed by atoms with E-state index in [1.54, 1.807) is 0 Å². The second kappa shape index (κ2) is 7.60. The zero-order valence-corrected chi connectivity index (χ0v) is 17.0. The number of carbonyl (C=O) groups excluding carboxylic acids is 3. The van der Waals surface area contributed by atoms with E-state index in [1.165, 1.54) is 11.0 Å². The maximum Gasteiger partial charge on any atom is 0.525 e. The van der Waals surface area contributed by atoms with Gasteiger partial charge >= 0.3 is 17.7 Å². The first-order chi connectivity index (χ1) is 14.4. The molecule has 158 valence electrons. The van der Waals surface area contributed by atoms with E-state index < -0.39 is 23.8 Å². The van der Waals surface area contributed by atoms with E-state index in [9.17, 15) is 14.4 Å². The zero-order chi connectivity index (χ0) is 21.4. The lowest BCUT2D eigenvalue weighted by Crippen LogP contribution is -2.80. The average molecular weight is 413 g/mol. The summed E-state index contributed by atoms with van der Waals surface area (Å²) in [6, 6.07) is 8.85. The first-order valence-electron chi connectivity index (χ1n) is 10.1. The van der Waals surface area contributed by atoms with E-state index in [2.05, 4.69) is 20.8 Å². The van der Waals surface area contributed by atoms with Crippen LogP contribution in [0.3, 0.4) is 0 Å². The van der Waals surface area contributed by atoms with Crippen molar-refractivity contribution in [2.45, 2.75) is 51.5 Å². The van der Waals surface area contributed by atoms with E-state index in [0.717, 1.165) is 5.56 Å². The summed E-state index contributed by atoms with van der Waals surface area (Å²) in [4.78, 5) is 38.8. The molecule has 4 rings (SSSR count). The summed E-state index contributed by atoms with van der Waals surface area (Å²) >= 11 is 0. The number of tetrazole rings is 1. The van der Waals surface area contributed by atoms with E-state index in [-0.39, 0.29) is 22.7 Å². The van der Waals surface area contributed by atoms with Gasteiger partial charge < -0.3 is 10.1 Å². The summed E-state index contributed by atoms with van der Waals surface area (Å²) < 4.78 is 6.78. The van der Waals surface area contributed by atoms with Crippen molar-refractivity contribution in [3.63, 3.8) is 0 Å². The van der Waals surface area contributed by atoms with Crippen LogP contribution in [0.2, 0.25) is 0 Å². The Hall–Kier alpha value is -3.14. The van der Waals surface area contributed by atoms with Gasteiger partial charge in [0, 0.05) is 12.0 Å². The van der Waals surface area contributed by atoms with Crippen molar-refractivity contribution in [3.05, 3.63) is 42.2 Å². The molecule has 0 saturated carbocycles. The number of ether oxygens (including phenoxy) is 1. The Kier molecular flexibility index (Phi) is 5.10. The van der Waals surface area contributed by atoms with Gasteiger partial charge in [-0.2, -0.15) is 9.28 Å². The second-order valence-electron chi connectivity index (χ2n) is 8.26. The van der Waals surface area contributed by atoms with Gasteiger partial charge in [-0.1, -0.05) is 44.2 Å². The van der Waals surface area contributed by atoms with Crippen LogP contribution in [0.1, 0.15) is 32.3 Å². The fraction of sp³-hybridized carbons (Fsp3) is 0.500. The number of carbonyl (C=O) groups is 3. The van der Waals surface area contributed by atoms with Crippen molar-refractivity contribution in [1.29, 1.82) is 0 Å². The van der Waals surface area contributed by atoms with Gasteiger partial charge in [0.15, 0.2) is 5.78 Å². The van der Waals surface area contributed by atoms with Gasteiger partial charge in [-0.05, 0) is 16.3 Å². The summed E-state index contributed by atoms with van der Waals surface area (Å²) in [5.41, 5.74) is -0.321. The monoisotopic (exact) mass is 413 g/mol. The van der Waals surface area contributed by atoms with Crippen molar-refractivity contribution < 1.29 is 23.6 Å². The van der Waals surface area contributed by atoms with Crippen molar-refractivity contribution in [2.24, 2.45) is 5.92 Å². The fourth-order valence-corrected chi connectivity index (χ4v) is 4.46. The van der Waals surface area contributed by atoms with Gasteiger partial charge in [-0.15, -0.1) is 5.10 Å². The van der Waals surface area contributed by atoms with E-state index >= 15 is 0 Å². The molecular weight excluding hydrogens is 388 g/mol. The highest BCUT2D eigenvalue weighted by molar-refractivity contribution is 5.95. The highest BCUT2D eigenvalue weighted by atomic mass is 16.7. The molecule has 0 bridgehead atoms. The topological polar surface area (TPSA) is 116 Å². The minimum Gasteiger partial charge on any atom is -0.353 e. The van der Waals surface area contributed by atoms with Gasteiger partial charge in [0.25, 0.3) is 0 Å². The molecule has 2 aliphatic heterocycles. The molecule has 0 radical (unpaired) electrons. The minimum absolute atomic E-state index is 0.0487. The van der Waals surface area contributed by atoms with Crippen molar-refractivity contribution in [3.8, 4) is 0 Å². The molecule has 2 aliphatic rings. The number of rotatable bonds is 8. The fourth-order valence-electron chi connectivity index (χ4n) is 4.46. The molecule has 1 aromatic carbocycles. The second-order valence-corrected chi connectivity index (χ2v) is 8.26. The molecule has 30 heavy (non-hydrogen) atoms. The number of aromatic nitrogens is 4. The van der Waals surface area contributed by atoms with Gasteiger partial charge in [0.05, 0.1) is 19.0 Å². The van der Waals surface area contributed by atoms with Gasteiger partial charge in [0.1, 0.15) is 19.4 Å². The quantitative estimate of drug-likeness (QED) is 0.643. The molecule has 3 heterocycles. The van der Waals surface area contributed by atoms with Crippen LogP contribution in [0.4, 0.5) is 4.79 Å². The van der Waals surface area contributed by atoms with Crippen LogP contribution < -0.4 is 5.32 Å². The minimum atomic E-state index is -1.28. The molecule has 2 fully saturated rings. The Morgan fingerprint density at radius 1 is 1.30 bits per heavy atom. The van der Waals surface area contributed by atoms with Crippen LogP contribution in [-0.4, -0.2) is 60.8 Å². The maximum atomic E-state index is 13.4. The molecule has 0 aliphatic carbocycles. The maximum absolute atomic E-state index is 13.4. The Bertz CT molecular complexity index is 947. The molecule has 2 amide bonds. The van der Waals surface area contributed by atoms with Crippen LogP contribution in [-0.2, 0) is 27.4 Å². The van der Waals surface area contributed by atoms with E-state index in [0.29, 0.717) is 25.9 Å². The Morgan fingerprint density at radius 3 is 2.70 bits per heavy atom. The largest absolute Gasteiger partial charge is 0.525 e. The average Bonchev–Trinajstić information content (AvgIpc) is 3.33. The number of benzene rings is 1. The summed E-state index contributed by atoms with van der Waals surface area (Å²) in [6.07, 6.45) is 2.08. The number of amides is 2. The van der Waals surface area contributed by atoms with Crippen LogP contribution in [0.5, 0.6) is 0 Å². The summed E-state index contributed by atoms with van der Waals surface area (Å²) in [7, 11) is 0. The molecule has 10 heteroatoms. The molecular formula is C20H25N6O4+. The molecule has 1 aromatic heterocycles. The first kappa shape index (κ1) is 20.1. The third-order valence-electron chi connectivity index (χ3n) is 6.01. The summed E-state index contributed by atoms with van der Waals surface area (Å²) in [5, 5.41) is 13.6. The Morgan fingerprint density at radius 2 is 2.07 bits per heavy atom. The van der Waals surface area contributed by atoms with Crippen LogP contribution in [0.25, 0.3) is 0 Å². The number of hydrogen-bond donors (Lipinski definition) is 1. The molecule has 1 N–H and O–H groups in total. The lowest BCUT2D eigenvalue weighted by atomic mass is 9.97. The number of Topliss-reactive ketones (excluding diaryl/α,β-unsaturated/α-hetero) is 1. The number of fused-ring (bicyclic) bond motifs is 1. The summed E-state index contributed by atoms with van der Waals surface area (Å²) in [6.45, 7) is 4.58. The Balaban J connectivity index is 1.54. The van der Waals surface area contributed by atoms with Crippen LogP contribution in [0, 0.1) is 5.92 Å². The molecule has 0 spiro atoms. The smallest absolute Gasteiger partial charge is 0.353 e. The van der Waals surface area contributed by atoms with Crippen molar-refractivity contribution in [2.75, 3.05) is 6.54 Å². The third kappa shape index (κ3) is 3.17. The molecule has 2 unspecified atom stereocenters. The predicted molar refractivity (Wildman–Crippen MR) is 103 cm³/mol. The van der Waals surface area contributed by atoms with Crippen molar-refractivity contribution in [1.82, 2.24) is 25.5 Å². The van der Waals surface area contributed by atoms with E-state index in [1.807, 2.05) is 44.2 Å².